The van der Waals surface area contributed by atoms with E-state index in [4.69, 9.17) is 4.74 Å². The van der Waals surface area contributed by atoms with Crippen LogP contribution in [0.25, 0.3) is 0 Å². The number of nitrogens with one attached hydrogen (secondary N) is 2. The first-order valence-electron chi connectivity index (χ1n) is 10.1. The van der Waals surface area contributed by atoms with Gasteiger partial charge in [-0.1, -0.05) is 58.0 Å². The molecular formula is C23H26N2O5S2. The van der Waals surface area contributed by atoms with Crippen LogP contribution in [0.15, 0.2) is 60.7 Å². The Hall–Kier alpha value is -2.78. The van der Waals surface area contributed by atoms with Crippen molar-refractivity contribution < 1.29 is 23.9 Å². The highest BCUT2D eigenvalue weighted by molar-refractivity contribution is 8.76. The van der Waals surface area contributed by atoms with Gasteiger partial charge in [-0.3, -0.25) is 14.4 Å². The van der Waals surface area contributed by atoms with E-state index in [9.17, 15) is 19.2 Å². The maximum Gasteiger partial charge on any atom is 0.329 e. The van der Waals surface area contributed by atoms with Crippen molar-refractivity contribution in [1.82, 2.24) is 10.6 Å². The average Bonchev–Trinajstić information content (AvgIpc) is 2.81. The number of ether oxygens (including phenoxy) is 1. The van der Waals surface area contributed by atoms with E-state index in [-0.39, 0.29) is 30.0 Å². The summed E-state index contributed by atoms with van der Waals surface area (Å²) in [4.78, 5) is 49.0. The average molecular weight is 475 g/mol. The van der Waals surface area contributed by atoms with E-state index in [0.29, 0.717) is 16.9 Å². The zero-order valence-electron chi connectivity index (χ0n) is 17.9. The number of esters is 1. The zero-order chi connectivity index (χ0) is 23.3. The number of rotatable bonds is 12. The first-order chi connectivity index (χ1) is 15.4. The van der Waals surface area contributed by atoms with Crippen molar-refractivity contribution in [2.45, 2.75) is 25.9 Å². The summed E-state index contributed by atoms with van der Waals surface area (Å²) in [5, 5.41) is 5.43. The molecule has 0 fully saturated rings. The molecule has 0 spiro atoms. The van der Waals surface area contributed by atoms with Crippen LogP contribution >= 0.6 is 21.6 Å². The van der Waals surface area contributed by atoms with Gasteiger partial charge in [-0.25, -0.2) is 4.79 Å². The Morgan fingerprint density at radius 3 is 1.66 bits per heavy atom. The standard InChI is InChI=1S/C23H26N2O5S2/c1-3-30-23(29)20(25-22(28)18-12-8-5-9-13-18)15-32-31-14-19(16(2)26)24-21(27)17-10-6-4-7-11-17/h4-13,19-20H,3,14-15H2,1-2H3,(H,24,27)(H,25,28)/t19-,20-/m0/s1. The molecule has 0 heterocycles. The quantitative estimate of drug-likeness (QED) is 0.277. The molecule has 0 aliphatic carbocycles. The molecule has 0 saturated carbocycles. The maximum atomic E-state index is 12.4. The molecule has 9 heteroatoms. The molecule has 0 aliphatic rings. The van der Waals surface area contributed by atoms with Crippen LogP contribution in [-0.4, -0.2) is 53.8 Å². The van der Waals surface area contributed by atoms with Gasteiger partial charge in [0.2, 0.25) is 0 Å². The van der Waals surface area contributed by atoms with Crippen molar-refractivity contribution in [3.8, 4) is 0 Å². The molecule has 2 amide bonds. The van der Waals surface area contributed by atoms with Gasteiger partial charge in [0.05, 0.1) is 12.6 Å². The molecule has 170 valence electrons. The molecule has 0 aliphatic heterocycles. The number of carbonyl (C=O) groups is 4. The highest BCUT2D eigenvalue weighted by Gasteiger charge is 2.24. The van der Waals surface area contributed by atoms with E-state index in [1.165, 1.54) is 28.5 Å². The first kappa shape index (κ1) is 25.5. The van der Waals surface area contributed by atoms with Crippen LogP contribution in [0.4, 0.5) is 0 Å². The molecule has 7 nitrogen and oxygen atoms in total. The Kier molecular flexibility index (Phi) is 10.8. The summed E-state index contributed by atoms with van der Waals surface area (Å²) in [6, 6.07) is 15.8. The van der Waals surface area contributed by atoms with E-state index in [1.807, 2.05) is 6.07 Å². The maximum absolute atomic E-state index is 12.4. The minimum atomic E-state index is -0.838. The smallest absolute Gasteiger partial charge is 0.329 e. The van der Waals surface area contributed by atoms with Gasteiger partial charge >= 0.3 is 5.97 Å². The number of hydrogen-bond donors (Lipinski definition) is 2. The summed E-state index contributed by atoms with van der Waals surface area (Å²) >= 11 is 0. The van der Waals surface area contributed by atoms with Crippen molar-refractivity contribution >= 4 is 45.2 Å². The molecule has 0 aromatic heterocycles. The van der Waals surface area contributed by atoms with Crippen molar-refractivity contribution in [2.24, 2.45) is 0 Å². The van der Waals surface area contributed by atoms with Gasteiger partial charge in [0, 0.05) is 22.6 Å². The lowest BCUT2D eigenvalue weighted by Crippen LogP contribution is -2.43. The van der Waals surface area contributed by atoms with Crippen LogP contribution in [0.3, 0.4) is 0 Å². The Balaban J connectivity index is 1.89. The van der Waals surface area contributed by atoms with Crippen LogP contribution in [0.1, 0.15) is 34.6 Å². The molecule has 0 radical (unpaired) electrons. The van der Waals surface area contributed by atoms with Crippen molar-refractivity contribution in [3.63, 3.8) is 0 Å². The summed E-state index contributed by atoms with van der Waals surface area (Å²) in [5.41, 5.74) is 0.919. The summed E-state index contributed by atoms with van der Waals surface area (Å²) in [6.45, 7) is 3.32. The predicted molar refractivity (Wildman–Crippen MR) is 128 cm³/mol. The van der Waals surface area contributed by atoms with Gasteiger partial charge in [0.25, 0.3) is 11.8 Å². The molecule has 2 atom stereocenters. The van der Waals surface area contributed by atoms with E-state index in [1.54, 1.807) is 61.5 Å². The highest BCUT2D eigenvalue weighted by Crippen LogP contribution is 2.24. The molecule has 0 bridgehead atoms. The number of ketones is 1. The molecule has 2 rings (SSSR count). The number of Topliss-reactive ketones (excluding diaryl/α,β-unsaturated/α-hetero) is 1. The Bertz CT molecular complexity index is 909. The minimum Gasteiger partial charge on any atom is -0.464 e. The van der Waals surface area contributed by atoms with Gasteiger partial charge in [-0.05, 0) is 38.1 Å². The third kappa shape index (κ3) is 8.39. The van der Waals surface area contributed by atoms with Crippen molar-refractivity contribution in [1.29, 1.82) is 0 Å². The molecule has 2 N–H and O–H groups in total. The fourth-order valence-electron chi connectivity index (χ4n) is 2.57. The highest BCUT2D eigenvalue weighted by atomic mass is 33.1. The molecule has 2 aromatic carbocycles. The Morgan fingerprint density at radius 1 is 0.781 bits per heavy atom. The first-order valence-corrected chi connectivity index (χ1v) is 12.5. The normalized spacial score (nSPS) is 12.3. The zero-order valence-corrected chi connectivity index (χ0v) is 19.5. The van der Waals surface area contributed by atoms with E-state index >= 15 is 0 Å². The van der Waals surface area contributed by atoms with E-state index < -0.39 is 18.1 Å². The van der Waals surface area contributed by atoms with Crippen LogP contribution in [0.5, 0.6) is 0 Å². The Morgan fingerprint density at radius 2 is 1.22 bits per heavy atom. The van der Waals surface area contributed by atoms with Gasteiger partial charge in [-0.2, -0.15) is 0 Å². The number of benzene rings is 2. The van der Waals surface area contributed by atoms with Gasteiger partial charge < -0.3 is 15.4 Å². The topological polar surface area (TPSA) is 102 Å². The van der Waals surface area contributed by atoms with Crippen LogP contribution in [0.2, 0.25) is 0 Å². The summed E-state index contributed by atoms with van der Waals surface area (Å²) < 4.78 is 5.07. The second-order valence-corrected chi connectivity index (χ2v) is 9.27. The van der Waals surface area contributed by atoms with Crippen molar-refractivity contribution in [3.05, 3.63) is 71.8 Å². The summed E-state index contributed by atoms with van der Waals surface area (Å²) in [7, 11) is 2.65. The van der Waals surface area contributed by atoms with Gasteiger partial charge in [-0.15, -0.1) is 0 Å². The largest absolute Gasteiger partial charge is 0.464 e. The van der Waals surface area contributed by atoms with Crippen LogP contribution < -0.4 is 10.6 Å². The molecule has 32 heavy (non-hydrogen) atoms. The molecule has 2 aromatic rings. The second kappa shape index (κ2) is 13.6. The number of amides is 2. The van der Waals surface area contributed by atoms with Crippen LogP contribution in [-0.2, 0) is 14.3 Å². The fourth-order valence-corrected chi connectivity index (χ4v) is 4.96. The number of carbonyl (C=O) groups excluding carboxylic acids is 4. The second-order valence-electron chi connectivity index (χ2n) is 6.72. The summed E-state index contributed by atoms with van der Waals surface area (Å²) in [6.07, 6.45) is 0. The minimum absolute atomic E-state index is 0.165. The third-order valence-electron chi connectivity index (χ3n) is 4.30. The van der Waals surface area contributed by atoms with Gasteiger partial charge in [0.1, 0.15) is 6.04 Å². The molecule has 0 saturated heterocycles. The molecule has 0 unspecified atom stereocenters. The van der Waals surface area contributed by atoms with E-state index in [2.05, 4.69) is 10.6 Å². The predicted octanol–water partition coefficient (Wildman–Crippen LogP) is 3.12. The lowest BCUT2D eigenvalue weighted by molar-refractivity contribution is -0.144. The lowest BCUT2D eigenvalue weighted by Gasteiger charge is -2.18. The number of hydrogen-bond acceptors (Lipinski definition) is 7. The summed E-state index contributed by atoms with van der Waals surface area (Å²) in [5.74, 6) is -0.811. The fraction of sp³-hybridized carbons (Fsp3) is 0.304. The van der Waals surface area contributed by atoms with Crippen LogP contribution in [0, 0.1) is 0 Å². The molecular weight excluding hydrogens is 448 g/mol. The monoisotopic (exact) mass is 474 g/mol. The third-order valence-corrected chi connectivity index (χ3v) is 6.72. The Labute approximate surface area is 195 Å². The SMILES string of the molecule is CCOC(=O)[C@H](CSSC[C@H](NC(=O)c1ccccc1)C(C)=O)NC(=O)c1ccccc1. The van der Waals surface area contributed by atoms with Gasteiger partial charge in [0.15, 0.2) is 5.78 Å². The van der Waals surface area contributed by atoms with E-state index in [0.717, 1.165) is 0 Å². The lowest BCUT2D eigenvalue weighted by atomic mass is 10.2. The van der Waals surface area contributed by atoms with Crippen molar-refractivity contribution in [2.75, 3.05) is 18.1 Å².